The normalized spacial score (nSPS) is 24.1. The molecule has 0 spiro atoms. The van der Waals surface area contributed by atoms with Gasteiger partial charge in [-0.25, -0.2) is 9.97 Å². The Morgan fingerprint density at radius 1 is 1.45 bits per heavy atom. The molecule has 0 amide bonds. The fourth-order valence-corrected chi connectivity index (χ4v) is 2.64. The van der Waals surface area contributed by atoms with E-state index < -0.39 is 0 Å². The van der Waals surface area contributed by atoms with Gasteiger partial charge in [-0.05, 0) is 38.7 Å². The van der Waals surface area contributed by atoms with Gasteiger partial charge >= 0.3 is 0 Å². The molecule has 5 nitrogen and oxygen atoms in total. The molecule has 1 saturated heterocycles. The predicted molar refractivity (Wildman–Crippen MR) is 78.6 cm³/mol. The van der Waals surface area contributed by atoms with E-state index in [1.807, 2.05) is 12.3 Å². The lowest BCUT2D eigenvalue weighted by Gasteiger charge is -2.34. The first-order chi connectivity index (χ1) is 9.72. The van der Waals surface area contributed by atoms with Gasteiger partial charge in [-0.2, -0.15) is 0 Å². The highest BCUT2D eigenvalue weighted by Crippen LogP contribution is 2.33. The third-order valence-corrected chi connectivity index (χ3v) is 3.84. The Kier molecular flexibility index (Phi) is 4.17. The summed E-state index contributed by atoms with van der Waals surface area (Å²) in [5.74, 6) is 2.67. The minimum Gasteiger partial charge on any atom is -0.378 e. The number of morpholine rings is 1. The second kappa shape index (κ2) is 6.06. The first-order valence-electron chi connectivity index (χ1n) is 7.63. The van der Waals surface area contributed by atoms with Crippen molar-refractivity contribution in [3.63, 3.8) is 0 Å². The minimum atomic E-state index is 0.207. The molecule has 110 valence electrons. The van der Waals surface area contributed by atoms with Gasteiger partial charge in [-0.1, -0.05) is 0 Å². The molecule has 5 heteroatoms. The summed E-state index contributed by atoms with van der Waals surface area (Å²) in [7, 11) is 0. The van der Waals surface area contributed by atoms with E-state index in [0.717, 1.165) is 30.7 Å². The molecule has 1 aliphatic heterocycles. The highest BCUT2D eigenvalue weighted by molar-refractivity contribution is 5.34. The second-order valence-electron chi connectivity index (χ2n) is 6.13. The Morgan fingerprint density at radius 2 is 2.30 bits per heavy atom. The van der Waals surface area contributed by atoms with Crippen molar-refractivity contribution in [3.8, 4) is 0 Å². The molecular weight excluding hydrogens is 252 g/mol. The van der Waals surface area contributed by atoms with Crippen molar-refractivity contribution < 1.29 is 4.74 Å². The molecule has 1 atom stereocenters. The Hall–Kier alpha value is -1.20. The van der Waals surface area contributed by atoms with E-state index in [2.05, 4.69) is 34.0 Å². The molecule has 1 N–H and O–H groups in total. The SMILES string of the molecule is CC(C)Nc1ccnc([C@@H]2COCCN2CC2CC2)n1. The summed E-state index contributed by atoms with van der Waals surface area (Å²) < 4.78 is 5.65. The van der Waals surface area contributed by atoms with E-state index in [9.17, 15) is 0 Å². The van der Waals surface area contributed by atoms with E-state index in [4.69, 9.17) is 4.74 Å². The number of ether oxygens (including phenoxy) is 1. The summed E-state index contributed by atoms with van der Waals surface area (Å²) in [4.78, 5) is 11.6. The topological polar surface area (TPSA) is 50.3 Å². The highest BCUT2D eigenvalue weighted by Gasteiger charge is 2.32. The Labute approximate surface area is 120 Å². The van der Waals surface area contributed by atoms with Crippen molar-refractivity contribution >= 4 is 5.82 Å². The van der Waals surface area contributed by atoms with Crippen LogP contribution in [0.4, 0.5) is 5.82 Å². The fraction of sp³-hybridized carbons (Fsp3) is 0.733. The van der Waals surface area contributed by atoms with E-state index >= 15 is 0 Å². The molecule has 0 bridgehead atoms. The quantitative estimate of drug-likeness (QED) is 0.892. The number of nitrogens with zero attached hydrogens (tertiary/aromatic N) is 3. The van der Waals surface area contributed by atoms with Crippen molar-refractivity contribution in [1.29, 1.82) is 0 Å². The lowest BCUT2D eigenvalue weighted by atomic mass is 10.2. The molecule has 20 heavy (non-hydrogen) atoms. The number of aromatic nitrogens is 2. The van der Waals surface area contributed by atoms with Crippen LogP contribution in [0.1, 0.15) is 38.6 Å². The van der Waals surface area contributed by atoms with E-state index in [-0.39, 0.29) is 6.04 Å². The number of rotatable bonds is 5. The van der Waals surface area contributed by atoms with Gasteiger partial charge in [0.05, 0.1) is 19.3 Å². The summed E-state index contributed by atoms with van der Waals surface area (Å²) in [6.07, 6.45) is 4.59. The van der Waals surface area contributed by atoms with Gasteiger partial charge in [0.25, 0.3) is 0 Å². The van der Waals surface area contributed by atoms with Crippen LogP contribution in [0.5, 0.6) is 0 Å². The van der Waals surface area contributed by atoms with Crippen molar-refractivity contribution in [1.82, 2.24) is 14.9 Å². The zero-order valence-corrected chi connectivity index (χ0v) is 12.4. The van der Waals surface area contributed by atoms with E-state index in [0.29, 0.717) is 12.6 Å². The van der Waals surface area contributed by atoms with Crippen LogP contribution in [0, 0.1) is 5.92 Å². The third kappa shape index (κ3) is 3.46. The van der Waals surface area contributed by atoms with Crippen molar-refractivity contribution in [2.45, 2.75) is 38.8 Å². The molecule has 2 heterocycles. The van der Waals surface area contributed by atoms with Gasteiger partial charge < -0.3 is 10.1 Å². The molecule has 2 fully saturated rings. The molecule has 1 aromatic heterocycles. The Balaban J connectivity index is 1.74. The number of anilines is 1. The first-order valence-corrected chi connectivity index (χ1v) is 7.63. The Morgan fingerprint density at radius 3 is 3.05 bits per heavy atom. The van der Waals surface area contributed by atoms with Crippen molar-refractivity contribution in [3.05, 3.63) is 18.1 Å². The maximum Gasteiger partial charge on any atom is 0.150 e. The highest BCUT2D eigenvalue weighted by atomic mass is 16.5. The second-order valence-corrected chi connectivity index (χ2v) is 6.13. The fourth-order valence-electron chi connectivity index (χ4n) is 2.64. The van der Waals surface area contributed by atoms with Gasteiger partial charge in [0.2, 0.25) is 0 Å². The lowest BCUT2D eigenvalue weighted by molar-refractivity contribution is -0.0137. The minimum absolute atomic E-state index is 0.207. The van der Waals surface area contributed by atoms with Crippen LogP contribution in [0.3, 0.4) is 0 Å². The van der Waals surface area contributed by atoms with Crippen LogP contribution in [0.15, 0.2) is 12.3 Å². The average molecular weight is 276 g/mol. The van der Waals surface area contributed by atoms with Crippen LogP contribution in [0.2, 0.25) is 0 Å². The molecule has 1 saturated carbocycles. The van der Waals surface area contributed by atoms with Crippen LogP contribution in [-0.2, 0) is 4.74 Å². The largest absolute Gasteiger partial charge is 0.378 e. The molecular formula is C15H24N4O. The third-order valence-electron chi connectivity index (χ3n) is 3.84. The van der Waals surface area contributed by atoms with Crippen LogP contribution in [-0.4, -0.2) is 47.2 Å². The summed E-state index contributed by atoms with van der Waals surface area (Å²) in [6.45, 7) is 7.92. The molecule has 0 unspecified atom stereocenters. The van der Waals surface area contributed by atoms with Crippen LogP contribution in [0.25, 0.3) is 0 Å². The number of hydrogen-bond acceptors (Lipinski definition) is 5. The smallest absolute Gasteiger partial charge is 0.150 e. The maximum absolute atomic E-state index is 5.65. The molecule has 1 aliphatic carbocycles. The molecule has 2 aliphatic rings. The summed E-state index contributed by atoms with van der Waals surface area (Å²) >= 11 is 0. The summed E-state index contributed by atoms with van der Waals surface area (Å²) in [6, 6.07) is 2.51. The summed E-state index contributed by atoms with van der Waals surface area (Å²) in [5, 5.41) is 3.34. The Bertz CT molecular complexity index is 447. The molecule has 0 radical (unpaired) electrons. The van der Waals surface area contributed by atoms with Gasteiger partial charge in [-0.15, -0.1) is 0 Å². The average Bonchev–Trinajstić information content (AvgIpc) is 3.23. The summed E-state index contributed by atoms with van der Waals surface area (Å²) in [5.41, 5.74) is 0. The molecule has 0 aromatic carbocycles. The standard InChI is InChI=1S/C15H24N4O/c1-11(2)17-14-5-6-16-15(18-14)13-10-20-8-7-19(13)9-12-3-4-12/h5-6,11-13H,3-4,7-10H2,1-2H3,(H,16,17,18)/t13-/m0/s1. The van der Waals surface area contributed by atoms with Gasteiger partial charge in [0, 0.05) is 25.3 Å². The maximum atomic E-state index is 5.65. The molecule has 3 rings (SSSR count). The zero-order valence-electron chi connectivity index (χ0n) is 12.4. The van der Waals surface area contributed by atoms with Crippen molar-refractivity contribution in [2.75, 3.05) is 31.6 Å². The van der Waals surface area contributed by atoms with Crippen LogP contribution >= 0.6 is 0 Å². The van der Waals surface area contributed by atoms with E-state index in [1.54, 1.807) is 0 Å². The van der Waals surface area contributed by atoms with Gasteiger partial charge in [0.1, 0.15) is 11.6 Å². The van der Waals surface area contributed by atoms with Gasteiger partial charge in [0.15, 0.2) is 0 Å². The van der Waals surface area contributed by atoms with Gasteiger partial charge in [-0.3, -0.25) is 4.90 Å². The zero-order chi connectivity index (χ0) is 13.9. The van der Waals surface area contributed by atoms with E-state index in [1.165, 1.54) is 19.4 Å². The number of nitrogens with one attached hydrogen (secondary N) is 1. The van der Waals surface area contributed by atoms with Crippen LogP contribution < -0.4 is 5.32 Å². The molecule has 1 aromatic rings. The predicted octanol–water partition coefficient (Wildman–Crippen LogP) is 2.08. The monoisotopic (exact) mass is 276 g/mol. The lowest BCUT2D eigenvalue weighted by Crippen LogP contribution is -2.41. The first kappa shape index (κ1) is 13.8. The number of hydrogen-bond donors (Lipinski definition) is 1. The van der Waals surface area contributed by atoms with Crippen molar-refractivity contribution in [2.24, 2.45) is 5.92 Å².